The number of nitrogens with two attached hydrogens (primary N) is 1. The molecule has 0 spiro atoms. The second-order valence-electron chi connectivity index (χ2n) is 5.73. The minimum Gasteiger partial charge on any atom is -0.330 e. The third-order valence-corrected chi connectivity index (χ3v) is 3.65. The first-order chi connectivity index (χ1) is 9.91. The molecule has 0 bridgehead atoms. The van der Waals surface area contributed by atoms with Crippen molar-refractivity contribution in [3.05, 3.63) is 24.3 Å². The van der Waals surface area contributed by atoms with Crippen molar-refractivity contribution in [1.82, 2.24) is 0 Å². The van der Waals surface area contributed by atoms with Gasteiger partial charge in [-0.05, 0) is 45.1 Å². The van der Waals surface area contributed by atoms with Crippen molar-refractivity contribution in [2.24, 2.45) is 5.73 Å². The van der Waals surface area contributed by atoms with E-state index in [1.165, 1.54) is 77.0 Å². The van der Waals surface area contributed by atoms with Crippen molar-refractivity contribution in [2.45, 2.75) is 90.4 Å². The van der Waals surface area contributed by atoms with Crippen LogP contribution in [0.3, 0.4) is 0 Å². The van der Waals surface area contributed by atoms with Gasteiger partial charge < -0.3 is 5.73 Å². The Hall–Kier alpha value is -0.560. The van der Waals surface area contributed by atoms with Gasteiger partial charge in [-0.3, -0.25) is 0 Å². The smallest absolute Gasteiger partial charge is 0.00773 e. The third kappa shape index (κ3) is 17.4. The highest BCUT2D eigenvalue weighted by Crippen LogP contribution is 2.08. The molecule has 0 aliphatic carbocycles. The van der Waals surface area contributed by atoms with E-state index in [1.54, 1.807) is 0 Å². The summed E-state index contributed by atoms with van der Waals surface area (Å²) in [6.07, 6.45) is 26.4. The van der Waals surface area contributed by atoms with Gasteiger partial charge in [-0.15, -0.1) is 0 Å². The van der Waals surface area contributed by atoms with Crippen LogP contribution in [-0.2, 0) is 0 Å². The zero-order chi connectivity index (χ0) is 14.7. The second kappa shape index (κ2) is 18.4. The molecule has 0 rings (SSSR count). The van der Waals surface area contributed by atoms with Crippen LogP contribution in [0.4, 0.5) is 0 Å². The van der Waals surface area contributed by atoms with Gasteiger partial charge in [-0.1, -0.05) is 76.2 Å². The number of rotatable bonds is 15. The van der Waals surface area contributed by atoms with Crippen molar-refractivity contribution in [2.75, 3.05) is 6.54 Å². The lowest BCUT2D eigenvalue weighted by Gasteiger charge is -1.99. The van der Waals surface area contributed by atoms with E-state index in [2.05, 4.69) is 31.2 Å². The summed E-state index contributed by atoms with van der Waals surface area (Å²) in [5.74, 6) is 0. The molecule has 0 fully saturated rings. The summed E-state index contributed by atoms with van der Waals surface area (Å²) in [5.41, 5.74) is 5.48. The van der Waals surface area contributed by atoms with Crippen LogP contribution in [0.2, 0.25) is 0 Å². The summed E-state index contributed by atoms with van der Waals surface area (Å²) in [5, 5.41) is 0. The lowest BCUT2D eigenvalue weighted by Crippen LogP contribution is -1.97. The van der Waals surface area contributed by atoms with E-state index in [-0.39, 0.29) is 0 Å². The van der Waals surface area contributed by atoms with E-state index in [4.69, 9.17) is 5.73 Å². The molecule has 118 valence electrons. The Labute approximate surface area is 127 Å². The molecule has 0 aliphatic heterocycles. The van der Waals surface area contributed by atoms with E-state index >= 15 is 0 Å². The molecule has 0 atom stereocenters. The maximum atomic E-state index is 5.48. The van der Waals surface area contributed by atoms with Gasteiger partial charge in [0.15, 0.2) is 0 Å². The topological polar surface area (TPSA) is 26.0 Å². The van der Waals surface area contributed by atoms with E-state index in [0.29, 0.717) is 0 Å². The average molecular weight is 280 g/mol. The zero-order valence-electron chi connectivity index (χ0n) is 13.8. The van der Waals surface area contributed by atoms with Crippen LogP contribution < -0.4 is 5.73 Å². The molecule has 2 N–H and O–H groups in total. The molecular weight excluding hydrogens is 242 g/mol. The monoisotopic (exact) mass is 279 g/mol. The normalized spacial score (nSPS) is 11.9. The van der Waals surface area contributed by atoms with Crippen LogP contribution in [0, 0.1) is 0 Å². The predicted octanol–water partition coefficient (Wildman–Crippen LogP) is 6.15. The summed E-state index contributed by atoms with van der Waals surface area (Å²) in [4.78, 5) is 0. The van der Waals surface area contributed by atoms with E-state index in [0.717, 1.165) is 13.0 Å². The molecule has 0 aromatic carbocycles. The number of hydrogen-bond acceptors (Lipinski definition) is 1. The van der Waals surface area contributed by atoms with Crippen molar-refractivity contribution in [3.63, 3.8) is 0 Å². The van der Waals surface area contributed by atoms with Crippen LogP contribution in [0.1, 0.15) is 90.4 Å². The van der Waals surface area contributed by atoms with Gasteiger partial charge in [0.2, 0.25) is 0 Å². The predicted molar refractivity (Wildman–Crippen MR) is 93.0 cm³/mol. The van der Waals surface area contributed by atoms with Gasteiger partial charge in [0.05, 0.1) is 0 Å². The molecule has 0 saturated carbocycles. The largest absolute Gasteiger partial charge is 0.330 e. The van der Waals surface area contributed by atoms with Crippen molar-refractivity contribution in [3.8, 4) is 0 Å². The molecule has 1 nitrogen and oxygen atoms in total. The Bertz CT molecular complexity index is 218. The molecule has 0 aromatic rings. The van der Waals surface area contributed by atoms with Crippen molar-refractivity contribution < 1.29 is 0 Å². The molecule has 0 unspecified atom stereocenters. The molecule has 1 heteroatoms. The fraction of sp³-hybridized carbons (Fsp3) is 0.789. The number of unbranched alkanes of at least 4 members (excludes halogenated alkanes) is 10. The van der Waals surface area contributed by atoms with E-state index in [1.807, 2.05) is 0 Å². The van der Waals surface area contributed by atoms with Crippen molar-refractivity contribution in [1.29, 1.82) is 0 Å². The standard InChI is InChI=1S/C19H37N/c1-2-3-4-5-6-7-8-9-10-11-12-13-14-15-16-17-18-19-20/h6-7,9-10H,2-5,8,11-20H2,1H3. The minimum atomic E-state index is 0.859. The Morgan fingerprint density at radius 3 is 1.65 bits per heavy atom. The van der Waals surface area contributed by atoms with Crippen LogP contribution >= 0.6 is 0 Å². The van der Waals surface area contributed by atoms with E-state index < -0.39 is 0 Å². The SMILES string of the molecule is CCCCCC=CCC=CCCCCCCCCCN. The van der Waals surface area contributed by atoms with Gasteiger partial charge in [0.1, 0.15) is 0 Å². The van der Waals surface area contributed by atoms with Gasteiger partial charge >= 0.3 is 0 Å². The fourth-order valence-corrected chi connectivity index (χ4v) is 2.31. The van der Waals surface area contributed by atoms with Crippen LogP contribution in [0.15, 0.2) is 24.3 Å². The van der Waals surface area contributed by atoms with Crippen LogP contribution in [-0.4, -0.2) is 6.54 Å². The highest BCUT2D eigenvalue weighted by molar-refractivity contribution is 4.92. The Kier molecular flexibility index (Phi) is 17.9. The highest BCUT2D eigenvalue weighted by Gasteiger charge is 1.90. The first-order valence-corrected chi connectivity index (χ1v) is 8.92. The Balaban J connectivity index is 3.12. The fourth-order valence-electron chi connectivity index (χ4n) is 2.31. The Morgan fingerprint density at radius 2 is 1.10 bits per heavy atom. The summed E-state index contributed by atoms with van der Waals surface area (Å²) < 4.78 is 0. The maximum absolute atomic E-state index is 5.48. The molecule has 0 amide bonds. The minimum absolute atomic E-state index is 0.859. The Morgan fingerprint density at radius 1 is 0.600 bits per heavy atom. The molecule has 0 saturated heterocycles. The molecule has 0 heterocycles. The van der Waals surface area contributed by atoms with E-state index in [9.17, 15) is 0 Å². The molecular formula is C19H37N. The van der Waals surface area contributed by atoms with Crippen molar-refractivity contribution >= 4 is 0 Å². The zero-order valence-corrected chi connectivity index (χ0v) is 13.8. The summed E-state index contributed by atoms with van der Waals surface area (Å²) in [6, 6.07) is 0. The highest BCUT2D eigenvalue weighted by atomic mass is 14.5. The number of allylic oxidation sites excluding steroid dienone is 4. The van der Waals surface area contributed by atoms with Gasteiger partial charge in [-0.25, -0.2) is 0 Å². The number of hydrogen-bond donors (Lipinski definition) is 1. The van der Waals surface area contributed by atoms with Gasteiger partial charge in [-0.2, -0.15) is 0 Å². The summed E-state index contributed by atoms with van der Waals surface area (Å²) in [7, 11) is 0. The third-order valence-electron chi connectivity index (χ3n) is 3.65. The van der Waals surface area contributed by atoms with Gasteiger partial charge in [0.25, 0.3) is 0 Å². The quantitative estimate of drug-likeness (QED) is 0.282. The summed E-state index contributed by atoms with van der Waals surface area (Å²) >= 11 is 0. The van der Waals surface area contributed by atoms with Crippen LogP contribution in [0.5, 0.6) is 0 Å². The second-order valence-corrected chi connectivity index (χ2v) is 5.73. The molecule has 20 heavy (non-hydrogen) atoms. The first kappa shape index (κ1) is 19.4. The van der Waals surface area contributed by atoms with Gasteiger partial charge in [0, 0.05) is 0 Å². The maximum Gasteiger partial charge on any atom is -0.00773 e. The summed E-state index contributed by atoms with van der Waals surface area (Å²) in [6.45, 7) is 3.12. The molecule has 0 radical (unpaired) electrons. The lowest BCUT2D eigenvalue weighted by atomic mass is 10.1. The van der Waals surface area contributed by atoms with Crippen LogP contribution in [0.25, 0.3) is 0 Å². The first-order valence-electron chi connectivity index (χ1n) is 8.92. The molecule has 0 aliphatic rings. The average Bonchev–Trinajstić information content (AvgIpc) is 2.47. The lowest BCUT2D eigenvalue weighted by molar-refractivity contribution is 0.584. The molecule has 0 aromatic heterocycles.